The van der Waals surface area contributed by atoms with Gasteiger partial charge in [0.15, 0.2) is 0 Å². The Balaban J connectivity index is 2.19. The molecule has 80 valence electrons. The maximum Gasteiger partial charge on any atom is 0.259 e. The van der Waals surface area contributed by atoms with Gasteiger partial charge in [-0.05, 0) is 25.1 Å². The molecule has 15 heavy (non-hydrogen) atoms. The summed E-state index contributed by atoms with van der Waals surface area (Å²) in [5.41, 5.74) is 6.03. The van der Waals surface area contributed by atoms with Crippen LogP contribution in [0.15, 0.2) is 22.9 Å². The Labute approximate surface area is 87.9 Å². The second-order valence-electron chi connectivity index (χ2n) is 3.45. The number of aromatic nitrogens is 2. The number of nitrogens with zero attached hydrogens (tertiary/aromatic N) is 3. The number of hydrogen-bond donors (Lipinski definition) is 1. The summed E-state index contributed by atoms with van der Waals surface area (Å²) in [6.07, 6.45) is 2.61. The van der Waals surface area contributed by atoms with Crippen LogP contribution in [0.25, 0.3) is 11.1 Å². The van der Waals surface area contributed by atoms with E-state index in [0.717, 1.165) is 24.2 Å². The summed E-state index contributed by atoms with van der Waals surface area (Å²) in [7, 11) is 1.99. The second-order valence-corrected chi connectivity index (χ2v) is 3.45. The monoisotopic (exact) mass is 206 g/mol. The van der Waals surface area contributed by atoms with Crippen LogP contribution in [-0.4, -0.2) is 30.3 Å². The van der Waals surface area contributed by atoms with Crippen molar-refractivity contribution in [2.24, 2.45) is 5.73 Å². The summed E-state index contributed by atoms with van der Waals surface area (Å²) < 4.78 is 5.00. The Hall–Kier alpha value is -1.62. The molecule has 0 aromatic carbocycles. The number of anilines is 1. The highest BCUT2D eigenvalue weighted by atomic mass is 16.5. The molecule has 0 spiro atoms. The highest BCUT2D eigenvalue weighted by molar-refractivity contribution is 5.73. The fourth-order valence-corrected chi connectivity index (χ4v) is 1.40. The largest absolute Gasteiger partial charge is 0.360 e. The van der Waals surface area contributed by atoms with Crippen molar-refractivity contribution in [3.05, 3.63) is 18.3 Å². The zero-order valence-corrected chi connectivity index (χ0v) is 8.68. The highest BCUT2D eigenvalue weighted by Gasteiger charge is 2.05. The van der Waals surface area contributed by atoms with Crippen LogP contribution >= 0.6 is 0 Å². The Morgan fingerprint density at radius 2 is 2.33 bits per heavy atom. The average molecular weight is 206 g/mol. The maximum absolute atomic E-state index is 5.45. The normalized spacial score (nSPS) is 10.8. The van der Waals surface area contributed by atoms with Crippen LogP contribution in [0.4, 0.5) is 5.82 Å². The molecule has 5 heteroatoms. The standard InChI is InChI=1S/C10H14N4O/c1-14(6-2-5-11)9-4-3-8-7-12-15-10(8)13-9/h3-4,7H,2,5-6,11H2,1H3. The van der Waals surface area contributed by atoms with E-state index < -0.39 is 0 Å². The first-order chi connectivity index (χ1) is 7.31. The Bertz CT molecular complexity index is 440. The number of nitrogens with two attached hydrogens (primary N) is 1. The lowest BCUT2D eigenvalue weighted by Crippen LogP contribution is -2.21. The van der Waals surface area contributed by atoms with Crippen molar-refractivity contribution in [3.63, 3.8) is 0 Å². The van der Waals surface area contributed by atoms with Gasteiger partial charge in [-0.2, -0.15) is 4.98 Å². The highest BCUT2D eigenvalue weighted by Crippen LogP contribution is 2.16. The molecule has 0 saturated heterocycles. The fourth-order valence-electron chi connectivity index (χ4n) is 1.40. The van der Waals surface area contributed by atoms with Crippen LogP contribution in [0.2, 0.25) is 0 Å². The van der Waals surface area contributed by atoms with Crippen molar-refractivity contribution in [2.45, 2.75) is 6.42 Å². The lowest BCUT2D eigenvalue weighted by Gasteiger charge is -2.16. The predicted octanol–water partition coefficient (Wildman–Crippen LogP) is 1.01. The second kappa shape index (κ2) is 4.27. The Kier molecular flexibility index (Phi) is 2.82. The zero-order valence-electron chi connectivity index (χ0n) is 8.68. The lowest BCUT2D eigenvalue weighted by molar-refractivity contribution is 0.448. The van der Waals surface area contributed by atoms with Gasteiger partial charge in [-0.1, -0.05) is 5.16 Å². The van der Waals surface area contributed by atoms with Gasteiger partial charge < -0.3 is 15.2 Å². The van der Waals surface area contributed by atoms with Crippen molar-refractivity contribution < 1.29 is 4.52 Å². The van der Waals surface area contributed by atoms with Gasteiger partial charge in [0.25, 0.3) is 5.71 Å². The first kappa shape index (κ1) is 9.92. The van der Waals surface area contributed by atoms with Crippen LogP contribution in [0.3, 0.4) is 0 Å². The van der Waals surface area contributed by atoms with Crippen molar-refractivity contribution >= 4 is 16.9 Å². The van der Waals surface area contributed by atoms with Gasteiger partial charge in [-0.15, -0.1) is 0 Å². The van der Waals surface area contributed by atoms with Gasteiger partial charge in [0.05, 0.1) is 11.6 Å². The molecule has 0 saturated carbocycles. The van der Waals surface area contributed by atoms with E-state index in [2.05, 4.69) is 15.0 Å². The molecule has 0 atom stereocenters. The predicted molar refractivity (Wildman–Crippen MR) is 58.7 cm³/mol. The third-order valence-electron chi connectivity index (χ3n) is 2.29. The van der Waals surface area contributed by atoms with Crippen LogP contribution in [0.5, 0.6) is 0 Å². The van der Waals surface area contributed by atoms with E-state index in [1.54, 1.807) is 6.20 Å². The first-order valence-corrected chi connectivity index (χ1v) is 4.94. The third-order valence-corrected chi connectivity index (χ3v) is 2.29. The topological polar surface area (TPSA) is 68.2 Å². The molecule has 2 rings (SSSR count). The Morgan fingerprint density at radius 3 is 3.13 bits per heavy atom. The van der Waals surface area contributed by atoms with Gasteiger partial charge in [-0.25, -0.2) is 0 Å². The summed E-state index contributed by atoms with van der Waals surface area (Å²) >= 11 is 0. The van der Waals surface area contributed by atoms with Gasteiger partial charge >= 0.3 is 0 Å². The molecule has 2 heterocycles. The number of fused-ring (bicyclic) bond motifs is 1. The van der Waals surface area contributed by atoms with E-state index in [-0.39, 0.29) is 0 Å². The molecule has 0 aliphatic rings. The van der Waals surface area contributed by atoms with E-state index in [9.17, 15) is 0 Å². The molecule has 2 aromatic heterocycles. The summed E-state index contributed by atoms with van der Waals surface area (Å²) in [6, 6.07) is 3.91. The zero-order chi connectivity index (χ0) is 10.7. The summed E-state index contributed by atoms with van der Waals surface area (Å²) in [4.78, 5) is 6.39. The van der Waals surface area contributed by atoms with E-state index in [4.69, 9.17) is 10.3 Å². The van der Waals surface area contributed by atoms with Crippen LogP contribution in [-0.2, 0) is 0 Å². The van der Waals surface area contributed by atoms with Crippen LogP contribution in [0, 0.1) is 0 Å². The van der Waals surface area contributed by atoms with E-state index >= 15 is 0 Å². The molecule has 5 nitrogen and oxygen atoms in total. The maximum atomic E-state index is 5.45. The van der Waals surface area contributed by atoms with Gasteiger partial charge in [-0.3, -0.25) is 0 Å². The third kappa shape index (κ3) is 2.07. The summed E-state index contributed by atoms with van der Waals surface area (Å²) in [5.74, 6) is 0.882. The molecule has 0 amide bonds. The van der Waals surface area contributed by atoms with Crippen molar-refractivity contribution in [2.75, 3.05) is 25.0 Å². The van der Waals surface area contributed by atoms with Crippen molar-refractivity contribution in [1.29, 1.82) is 0 Å². The molecular weight excluding hydrogens is 192 g/mol. The minimum atomic E-state index is 0.576. The molecule has 2 aromatic rings. The number of hydrogen-bond acceptors (Lipinski definition) is 5. The van der Waals surface area contributed by atoms with Crippen LogP contribution < -0.4 is 10.6 Å². The minimum Gasteiger partial charge on any atom is -0.360 e. The molecule has 0 unspecified atom stereocenters. The quantitative estimate of drug-likeness (QED) is 0.808. The van der Waals surface area contributed by atoms with Gasteiger partial charge in [0.2, 0.25) is 0 Å². The van der Waals surface area contributed by atoms with Crippen molar-refractivity contribution in [1.82, 2.24) is 10.1 Å². The van der Waals surface area contributed by atoms with Crippen molar-refractivity contribution in [3.8, 4) is 0 Å². The fraction of sp³-hybridized carbons (Fsp3) is 0.400. The molecule has 2 N–H and O–H groups in total. The number of pyridine rings is 1. The van der Waals surface area contributed by atoms with Gasteiger partial charge in [0, 0.05) is 13.6 Å². The smallest absolute Gasteiger partial charge is 0.259 e. The molecule has 0 bridgehead atoms. The molecule has 0 fully saturated rings. The molecule has 0 radical (unpaired) electrons. The van der Waals surface area contributed by atoms with Gasteiger partial charge in [0.1, 0.15) is 5.82 Å². The van der Waals surface area contributed by atoms with E-state index in [1.165, 1.54) is 0 Å². The summed E-state index contributed by atoms with van der Waals surface area (Å²) in [6.45, 7) is 1.58. The first-order valence-electron chi connectivity index (χ1n) is 4.94. The molecular formula is C10H14N4O. The average Bonchev–Trinajstić information content (AvgIpc) is 2.72. The lowest BCUT2D eigenvalue weighted by atomic mass is 10.3. The van der Waals surface area contributed by atoms with Crippen LogP contribution in [0.1, 0.15) is 6.42 Å². The Morgan fingerprint density at radius 1 is 1.47 bits per heavy atom. The molecule has 0 aliphatic heterocycles. The van der Waals surface area contributed by atoms with E-state index in [1.807, 2.05) is 19.2 Å². The molecule has 0 aliphatic carbocycles. The summed E-state index contributed by atoms with van der Waals surface area (Å²) in [5, 5.41) is 4.61. The SMILES string of the molecule is CN(CCCN)c1ccc2cnoc2n1. The minimum absolute atomic E-state index is 0.576. The van der Waals surface area contributed by atoms with E-state index in [0.29, 0.717) is 12.3 Å². The number of rotatable bonds is 4.